The molecule has 6 nitrogen and oxygen atoms in total. The van der Waals surface area contributed by atoms with Crippen LogP contribution in [0.4, 0.5) is 5.69 Å². The molecule has 1 unspecified atom stereocenters. The first-order chi connectivity index (χ1) is 9.30. The smallest absolute Gasteiger partial charge is 0.227 e. The summed E-state index contributed by atoms with van der Waals surface area (Å²) in [5.41, 5.74) is 0.687. The number of carbonyl (C=O) groups excluding carboxylic acids is 1. The van der Waals surface area contributed by atoms with Gasteiger partial charge in [0.05, 0.1) is 17.3 Å². The number of primary sulfonamides is 1. The third kappa shape index (κ3) is 3.50. The standard InChI is InChI=1S/C12H15BrN2O4S/c1-19-11-5-9(2-3-10(11)13)15-6-8(4-12(15)16)7-20(14,17)18/h2-3,5,8H,4,6-7H2,1H3,(H2,14,17,18). The average molecular weight is 363 g/mol. The molecule has 1 aromatic rings. The Kier molecular flexibility index (Phi) is 4.36. The van der Waals surface area contributed by atoms with E-state index in [4.69, 9.17) is 9.88 Å². The molecule has 8 heteroatoms. The summed E-state index contributed by atoms with van der Waals surface area (Å²) in [6.45, 7) is 0.347. The van der Waals surface area contributed by atoms with Crippen molar-refractivity contribution in [3.8, 4) is 5.75 Å². The van der Waals surface area contributed by atoms with Gasteiger partial charge >= 0.3 is 0 Å². The van der Waals surface area contributed by atoms with Crippen LogP contribution in [-0.4, -0.2) is 33.7 Å². The van der Waals surface area contributed by atoms with Crippen LogP contribution >= 0.6 is 15.9 Å². The number of rotatable bonds is 4. The van der Waals surface area contributed by atoms with Crippen LogP contribution in [0.5, 0.6) is 5.75 Å². The van der Waals surface area contributed by atoms with Crippen molar-refractivity contribution in [2.45, 2.75) is 6.42 Å². The molecule has 1 fully saturated rings. The Labute approximate surface area is 126 Å². The second-order valence-corrected chi connectivity index (χ2v) is 7.24. The van der Waals surface area contributed by atoms with E-state index in [-0.39, 0.29) is 24.0 Å². The Morgan fingerprint density at radius 3 is 2.80 bits per heavy atom. The summed E-state index contributed by atoms with van der Waals surface area (Å²) in [6, 6.07) is 5.31. The van der Waals surface area contributed by atoms with Gasteiger partial charge in [0, 0.05) is 30.6 Å². The van der Waals surface area contributed by atoms with Crippen molar-refractivity contribution in [2.75, 3.05) is 24.3 Å². The molecule has 0 radical (unpaired) electrons. The van der Waals surface area contributed by atoms with E-state index in [0.29, 0.717) is 18.0 Å². The maximum atomic E-state index is 12.0. The number of hydrogen-bond donors (Lipinski definition) is 1. The molecule has 1 aliphatic rings. The highest BCUT2D eigenvalue weighted by atomic mass is 79.9. The molecule has 1 aromatic carbocycles. The number of ether oxygens (including phenoxy) is 1. The first kappa shape index (κ1) is 15.3. The van der Waals surface area contributed by atoms with Crippen molar-refractivity contribution in [1.29, 1.82) is 0 Å². The van der Waals surface area contributed by atoms with Gasteiger partial charge in [-0.2, -0.15) is 0 Å². The number of nitrogens with two attached hydrogens (primary N) is 1. The fraction of sp³-hybridized carbons (Fsp3) is 0.417. The Balaban J connectivity index is 2.20. The van der Waals surface area contributed by atoms with E-state index >= 15 is 0 Å². The number of hydrogen-bond acceptors (Lipinski definition) is 4. The highest BCUT2D eigenvalue weighted by molar-refractivity contribution is 9.10. The summed E-state index contributed by atoms with van der Waals surface area (Å²) >= 11 is 3.34. The molecular formula is C12H15BrN2O4S. The minimum absolute atomic E-state index is 0.108. The highest BCUT2D eigenvalue weighted by Gasteiger charge is 2.33. The predicted molar refractivity (Wildman–Crippen MR) is 79.1 cm³/mol. The molecule has 2 rings (SSSR count). The zero-order chi connectivity index (χ0) is 14.9. The highest BCUT2D eigenvalue weighted by Crippen LogP contribution is 2.32. The van der Waals surface area contributed by atoms with Gasteiger partial charge in [0.25, 0.3) is 0 Å². The van der Waals surface area contributed by atoms with E-state index < -0.39 is 10.0 Å². The van der Waals surface area contributed by atoms with E-state index in [0.717, 1.165) is 4.47 Å². The number of methoxy groups -OCH3 is 1. The molecule has 0 saturated carbocycles. The van der Waals surface area contributed by atoms with Crippen LogP contribution < -0.4 is 14.8 Å². The molecule has 1 heterocycles. The largest absolute Gasteiger partial charge is 0.495 e. The SMILES string of the molecule is COc1cc(N2CC(CS(N)(=O)=O)CC2=O)ccc1Br. The van der Waals surface area contributed by atoms with Gasteiger partial charge in [-0.1, -0.05) is 0 Å². The van der Waals surface area contributed by atoms with Crippen LogP contribution in [0.3, 0.4) is 0 Å². The second kappa shape index (κ2) is 5.71. The molecule has 1 aliphatic heterocycles. The lowest BCUT2D eigenvalue weighted by Gasteiger charge is -2.18. The number of amides is 1. The lowest BCUT2D eigenvalue weighted by Crippen LogP contribution is -2.27. The van der Waals surface area contributed by atoms with Gasteiger partial charge in [-0.25, -0.2) is 13.6 Å². The predicted octanol–water partition coefficient (Wildman–Crippen LogP) is 1.10. The van der Waals surface area contributed by atoms with Crippen molar-refractivity contribution in [1.82, 2.24) is 0 Å². The molecular weight excluding hydrogens is 348 g/mol. The summed E-state index contributed by atoms with van der Waals surface area (Å²) in [6.07, 6.45) is 0.189. The molecule has 1 amide bonds. The van der Waals surface area contributed by atoms with E-state index in [1.807, 2.05) is 0 Å². The molecule has 0 aromatic heterocycles. The topological polar surface area (TPSA) is 89.7 Å². The van der Waals surface area contributed by atoms with Crippen molar-refractivity contribution in [3.63, 3.8) is 0 Å². The van der Waals surface area contributed by atoms with E-state index in [9.17, 15) is 13.2 Å². The fourth-order valence-electron chi connectivity index (χ4n) is 2.29. The molecule has 0 bridgehead atoms. The first-order valence-electron chi connectivity index (χ1n) is 5.94. The second-order valence-electron chi connectivity index (χ2n) is 4.72. The van der Waals surface area contributed by atoms with Crippen LogP contribution in [0.15, 0.2) is 22.7 Å². The number of sulfonamides is 1. The number of nitrogens with zero attached hydrogens (tertiary/aromatic N) is 1. The lowest BCUT2D eigenvalue weighted by molar-refractivity contribution is -0.117. The zero-order valence-corrected chi connectivity index (χ0v) is 13.3. The van der Waals surface area contributed by atoms with Gasteiger partial charge in [0.15, 0.2) is 0 Å². The third-order valence-corrected chi connectivity index (χ3v) is 4.71. The fourth-order valence-corrected chi connectivity index (χ4v) is 3.58. The van der Waals surface area contributed by atoms with E-state index in [1.165, 1.54) is 0 Å². The number of halogens is 1. The third-order valence-electron chi connectivity index (χ3n) is 3.12. The number of benzene rings is 1. The minimum atomic E-state index is -3.57. The monoisotopic (exact) mass is 362 g/mol. The summed E-state index contributed by atoms with van der Waals surface area (Å²) < 4.78 is 28.2. The van der Waals surface area contributed by atoms with E-state index in [1.54, 1.807) is 30.2 Å². The maximum Gasteiger partial charge on any atom is 0.227 e. The van der Waals surface area contributed by atoms with E-state index in [2.05, 4.69) is 15.9 Å². The van der Waals surface area contributed by atoms with Gasteiger partial charge < -0.3 is 9.64 Å². The van der Waals surface area contributed by atoms with Crippen LogP contribution in [0.2, 0.25) is 0 Å². The Morgan fingerprint density at radius 1 is 1.50 bits per heavy atom. The zero-order valence-electron chi connectivity index (χ0n) is 10.9. The molecule has 20 heavy (non-hydrogen) atoms. The molecule has 1 atom stereocenters. The Morgan fingerprint density at radius 2 is 2.20 bits per heavy atom. The van der Waals surface area contributed by atoms with Crippen LogP contribution in [0.25, 0.3) is 0 Å². The summed E-state index contributed by atoms with van der Waals surface area (Å²) in [5.74, 6) is 0.0588. The molecule has 110 valence electrons. The number of carbonyl (C=O) groups is 1. The summed E-state index contributed by atoms with van der Waals surface area (Å²) in [4.78, 5) is 13.6. The molecule has 1 saturated heterocycles. The molecule has 0 aliphatic carbocycles. The van der Waals surface area contributed by atoms with Crippen molar-refractivity contribution in [2.24, 2.45) is 11.1 Å². The molecule has 2 N–H and O–H groups in total. The summed E-state index contributed by atoms with van der Waals surface area (Å²) in [5, 5.41) is 5.03. The Hall–Kier alpha value is -1.12. The number of anilines is 1. The van der Waals surface area contributed by atoms with Gasteiger partial charge in [-0.05, 0) is 28.1 Å². The summed E-state index contributed by atoms with van der Waals surface area (Å²) in [7, 11) is -2.03. The first-order valence-corrected chi connectivity index (χ1v) is 8.45. The molecule has 0 spiro atoms. The van der Waals surface area contributed by atoms with Crippen molar-refractivity contribution in [3.05, 3.63) is 22.7 Å². The van der Waals surface area contributed by atoms with Crippen molar-refractivity contribution < 1.29 is 17.9 Å². The average Bonchev–Trinajstić information content (AvgIpc) is 2.68. The lowest BCUT2D eigenvalue weighted by atomic mass is 10.1. The normalized spacial score (nSPS) is 19.4. The van der Waals surface area contributed by atoms with Crippen LogP contribution in [0, 0.1) is 5.92 Å². The van der Waals surface area contributed by atoms with Gasteiger partial charge in [-0.15, -0.1) is 0 Å². The van der Waals surface area contributed by atoms with Gasteiger partial charge in [-0.3, -0.25) is 4.79 Å². The van der Waals surface area contributed by atoms with Gasteiger partial charge in [0.2, 0.25) is 15.9 Å². The Bertz CT molecular complexity index is 632. The maximum absolute atomic E-state index is 12.0. The van der Waals surface area contributed by atoms with Crippen LogP contribution in [-0.2, 0) is 14.8 Å². The van der Waals surface area contributed by atoms with Gasteiger partial charge in [0.1, 0.15) is 5.75 Å². The van der Waals surface area contributed by atoms with Crippen LogP contribution in [0.1, 0.15) is 6.42 Å². The quantitative estimate of drug-likeness (QED) is 0.868. The van der Waals surface area contributed by atoms with Crippen molar-refractivity contribution >= 4 is 37.5 Å². The minimum Gasteiger partial charge on any atom is -0.495 e.